The smallest absolute Gasteiger partial charge is 0.273 e. The molecule has 28 heavy (non-hydrogen) atoms. The minimum Gasteiger partial charge on any atom is -0.355 e. The summed E-state index contributed by atoms with van der Waals surface area (Å²) in [5, 5.41) is 6.78. The normalized spacial score (nSPS) is 12.2. The monoisotopic (exact) mass is 381 g/mol. The van der Waals surface area contributed by atoms with Crippen molar-refractivity contribution in [1.29, 1.82) is 0 Å². The number of hydrogen-bond donors (Lipinski definition) is 1. The molecular formula is C22H24FN3O2. The minimum atomic E-state index is -0.312. The summed E-state index contributed by atoms with van der Waals surface area (Å²) in [6.07, 6.45) is 0. The lowest BCUT2D eigenvalue weighted by atomic mass is 10.0. The molecule has 1 aromatic heterocycles. The Kier molecular flexibility index (Phi) is 5.90. The van der Waals surface area contributed by atoms with Gasteiger partial charge in [0.05, 0.1) is 6.04 Å². The molecule has 0 aliphatic carbocycles. The molecule has 146 valence electrons. The summed E-state index contributed by atoms with van der Waals surface area (Å²) in [4.78, 5) is 14.5. The third-order valence-electron chi connectivity index (χ3n) is 4.87. The number of likely N-dealkylation sites (N-methyl/N-ethyl adjacent to an activating group) is 1. The molecule has 0 aliphatic rings. The summed E-state index contributed by atoms with van der Waals surface area (Å²) in [6.45, 7) is 4.43. The van der Waals surface area contributed by atoms with Crippen LogP contribution in [0.15, 0.2) is 53.1 Å². The number of rotatable bonds is 6. The quantitative estimate of drug-likeness (QED) is 0.697. The molecule has 3 aromatic rings. The van der Waals surface area contributed by atoms with Gasteiger partial charge < -0.3 is 14.7 Å². The lowest BCUT2D eigenvalue weighted by molar-refractivity contribution is 0.0933. The van der Waals surface area contributed by atoms with Gasteiger partial charge in [0.25, 0.3) is 5.91 Å². The zero-order valence-electron chi connectivity index (χ0n) is 16.5. The highest BCUT2D eigenvalue weighted by atomic mass is 19.1. The number of aromatic nitrogens is 1. The van der Waals surface area contributed by atoms with Crippen LogP contribution in [0.3, 0.4) is 0 Å². The summed E-state index contributed by atoms with van der Waals surface area (Å²) in [7, 11) is 3.82. The number of hydrogen-bond acceptors (Lipinski definition) is 4. The maximum Gasteiger partial charge on any atom is 0.273 e. The number of benzene rings is 2. The van der Waals surface area contributed by atoms with E-state index in [9.17, 15) is 9.18 Å². The Morgan fingerprint density at radius 2 is 1.82 bits per heavy atom. The van der Waals surface area contributed by atoms with Gasteiger partial charge >= 0.3 is 0 Å². The summed E-state index contributed by atoms with van der Waals surface area (Å²) >= 11 is 0. The second-order valence-electron chi connectivity index (χ2n) is 7.12. The predicted molar refractivity (Wildman–Crippen MR) is 107 cm³/mol. The SMILES string of the molecule is Cc1ccc(-c2cc(C(=O)NC[C@@H](c3ccc(F)cc3)N(C)C)no2)cc1C. The Labute approximate surface area is 164 Å². The van der Waals surface area contributed by atoms with Crippen molar-refractivity contribution in [2.24, 2.45) is 0 Å². The third-order valence-corrected chi connectivity index (χ3v) is 4.87. The van der Waals surface area contributed by atoms with Crippen molar-refractivity contribution in [2.45, 2.75) is 19.9 Å². The highest BCUT2D eigenvalue weighted by Crippen LogP contribution is 2.23. The highest BCUT2D eigenvalue weighted by molar-refractivity contribution is 5.93. The number of aryl methyl sites for hydroxylation is 2. The molecular weight excluding hydrogens is 357 g/mol. The standard InChI is InChI=1S/C22H24FN3O2/c1-14-5-6-17(11-15(14)2)21-12-19(25-28-21)22(27)24-13-20(26(3)4)16-7-9-18(23)10-8-16/h5-12,20H,13H2,1-4H3,(H,24,27)/t20-/m0/s1. The van der Waals surface area contributed by atoms with Crippen LogP contribution in [0.5, 0.6) is 0 Å². The van der Waals surface area contributed by atoms with Crippen molar-refractivity contribution in [3.05, 3.63) is 76.7 Å². The van der Waals surface area contributed by atoms with Crippen molar-refractivity contribution >= 4 is 5.91 Å². The van der Waals surface area contributed by atoms with Gasteiger partial charge in [-0.15, -0.1) is 0 Å². The number of nitrogens with zero attached hydrogens (tertiary/aromatic N) is 2. The Morgan fingerprint density at radius 1 is 1.11 bits per heavy atom. The highest BCUT2D eigenvalue weighted by Gasteiger charge is 2.18. The second kappa shape index (κ2) is 8.35. The average molecular weight is 381 g/mol. The summed E-state index contributed by atoms with van der Waals surface area (Å²) in [6, 6.07) is 13.8. The molecule has 2 aromatic carbocycles. The van der Waals surface area contributed by atoms with Crippen molar-refractivity contribution in [2.75, 3.05) is 20.6 Å². The van der Waals surface area contributed by atoms with Gasteiger partial charge in [0.15, 0.2) is 11.5 Å². The van der Waals surface area contributed by atoms with E-state index in [4.69, 9.17) is 4.52 Å². The van der Waals surface area contributed by atoms with E-state index >= 15 is 0 Å². The van der Waals surface area contributed by atoms with Crippen LogP contribution in [-0.2, 0) is 0 Å². The number of carbonyl (C=O) groups is 1. The molecule has 1 heterocycles. The summed E-state index contributed by atoms with van der Waals surface area (Å²) in [5.41, 5.74) is 4.37. The van der Waals surface area contributed by atoms with Crippen LogP contribution in [-0.4, -0.2) is 36.6 Å². The van der Waals surface area contributed by atoms with E-state index < -0.39 is 0 Å². The Hall–Kier alpha value is -2.99. The third kappa shape index (κ3) is 4.46. The van der Waals surface area contributed by atoms with Gasteiger partial charge in [0.1, 0.15) is 5.82 Å². The first-order valence-corrected chi connectivity index (χ1v) is 9.09. The second-order valence-corrected chi connectivity index (χ2v) is 7.12. The van der Waals surface area contributed by atoms with E-state index in [1.165, 1.54) is 17.7 Å². The van der Waals surface area contributed by atoms with Crippen LogP contribution in [0.25, 0.3) is 11.3 Å². The topological polar surface area (TPSA) is 58.4 Å². The molecule has 0 fully saturated rings. The van der Waals surface area contributed by atoms with E-state index in [0.29, 0.717) is 12.3 Å². The van der Waals surface area contributed by atoms with Gasteiger partial charge in [-0.2, -0.15) is 0 Å². The van der Waals surface area contributed by atoms with Gasteiger partial charge in [-0.25, -0.2) is 4.39 Å². The number of amides is 1. The zero-order chi connectivity index (χ0) is 20.3. The van der Waals surface area contributed by atoms with Crippen molar-refractivity contribution in [1.82, 2.24) is 15.4 Å². The molecule has 3 rings (SSSR count). The van der Waals surface area contributed by atoms with Gasteiger partial charge in [-0.3, -0.25) is 4.79 Å². The average Bonchev–Trinajstić information content (AvgIpc) is 3.15. The van der Waals surface area contributed by atoms with Crippen LogP contribution in [0.2, 0.25) is 0 Å². The van der Waals surface area contributed by atoms with Gasteiger partial charge in [0.2, 0.25) is 0 Å². The molecule has 0 aliphatic heterocycles. The molecule has 0 saturated heterocycles. The number of nitrogens with one attached hydrogen (secondary N) is 1. The van der Waals surface area contributed by atoms with Crippen LogP contribution < -0.4 is 5.32 Å². The predicted octanol–water partition coefficient (Wildman–Crippen LogP) is 4.13. The molecule has 0 saturated carbocycles. The Balaban J connectivity index is 1.69. The minimum absolute atomic E-state index is 0.0873. The summed E-state index contributed by atoms with van der Waals surface area (Å²) < 4.78 is 18.5. The molecule has 6 heteroatoms. The van der Waals surface area contributed by atoms with E-state index in [1.807, 2.05) is 51.0 Å². The molecule has 1 N–H and O–H groups in total. The maximum atomic E-state index is 13.2. The van der Waals surface area contributed by atoms with E-state index in [0.717, 1.165) is 16.7 Å². The first-order chi connectivity index (χ1) is 13.3. The van der Waals surface area contributed by atoms with Crippen molar-refractivity contribution in [3.8, 4) is 11.3 Å². The fourth-order valence-corrected chi connectivity index (χ4v) is 2.98. The van der Waals surface area contributed by atoms with Gasteiger partial charge in [-0.05, 0) is 62.8 Å². The van der Waals surface area contributed by atoms with Crippen molar-refractivity contribution < 1.29 is 13.7 Å². The van der Waals surface area contributed by atoms with Crippen LogP contribution in [0.1, 0.15) is 33.2 Å². The van der Waals surface area contributed by atoms with Gasteiger partial charge in [0, 0.05) is 18.2 Å². The molecule has 0 spiro atoms. The van der Waals surface area contributed by atoms with E-state index in [1.54, 1.807) is 18.2 Å². The van der Waals surface area contributed by atoms with Crippen LogP contribution in [0.4, 0.5) is 4.39 Å². The molecule has 1 amide bonds. The molecule has 1 atom stereocenters. The van der Waals surface area contributed by atoms with Crippen LogP contribution >= 0.6 is 0 Å². The fraction of sp³-hybridized carbons (Fsp3) is 0.273. The van der Waals surface area contributed by atoms with Crippen molar-refractivity contribution in [3.63, 3.8) is 0 Å². The van der Waals surface area contributed by atoms with Gasteiger partial charge in [-0.1, -0.05) is 29.4 Å². The van der Waals surface area contributed by atoms with Crippen LogP contribution in [0, 0.1) is 19.7 Å². The van der Waals surface area contributed by atoms with E-state index in [2.05, 4.69) is 10.5 Å². The maximum absolute atomic E-state index is 13.2. The Morgan fingerprint density at radius 3 is 2.46 bits per heavy atom. The Bertz CT molecular complexity index is 964. The number of halogens is 1. The lowest BCUT2D eigenvalue weighted by Crippen LogP contribution is -2.34. The molecule has 0 radical (unpaired) electrons. The first kappa shape index (κ1) is 19.8. The fourth-order valence-electron chi connectivity index (χ4n) is 2.98. The number of carbonyl (C=O) groups excluding carboxylic acids is 1. The van der Waals surface area contributed by atoms with E-state index in [-0.39, 0.29) is 23.5 Å². The first-order valence-electron chi connectivity index (χ1n) is 9.09. The summed E-state index contributed by atoms with van der Waals surface area (Å²) in [5.74, 6) is -0.0458. The molecule has 5 nitrogen and oxygen atoms in total. The molecule has 0 bridgehead atoms. The lowest BCUT2D eigenvalue weighted by Gasteiger charge is -2.25. The zero-order valence-corrected chi connectivity index (χ0v) is 16.5. The largest absolute Gasteiger partial charge is 0.355 e. The molecule has 0 unspecified atom stereocenters.